The summed E-state index contributed by atoms with van der Waals surface area (Å²) in [7, 11) is 0. The zero-order valence-corrected chi connectivity index (χ0v) is 16.6. The number of carbonyl (C=O) groups excluding carboxylic acids is 1. The van der Waals surface area contributed by atoms with E-state index < -0.39 is 6.10 Å². The molecule has 1 aliphatic carbocycles. The highest BCUT2D eigenvalue weighted by Crippen LogP contribution is 2.28. The number of amides is 2. The van der Waals surface area contributed by atoms with Gasteiger partial charge in [-0.1, -0.05) is 12.1 Å². The maximum Gasteiger partial charge on any atom is 0.317 e. The lowest BCUT2D eigenvalue weighted by molar-refractivity contribution is 0.0996. The summed E-state index contributed by atoms with van der Waals surface area (Å²) in [5, 5.41) is 16.7. The predicted molar refractivity (Wildman–Crippen MR) is 112 cm³/mol. The molecule has 2 fully saturated rings. The first-order valence-electron chi connectivity index (χ1n) is 10.5. The van der Waals surface area contributed by atoms with E-state index in [2.05, 4.69) is 15.6 Å². The molecule has 2 aliphatic rings. The summed E-state index contributed by atoms with van der Waals surface area (Å²) in [6.45, 7) is 2.33. The number of nitrogens with one attached hydrogen (secondary N) is 3. The van der Waals surface area contributed by atoms with E-state index in [0.717, 1.165) is 55.8 Å². The Kier molecular flexibility index (Phi) is 6.36. The minimum absolute atomic E-state index is 0.0774. The lowest BCUT2D eigenvalue weighted by Crippen LogP contribution is -2.45. The lowest BCUT2D eigenvalue weighted by Gasteiger charge is -2.34. The summed E-state index contributed by atoms with van der Waals surface area (Å²) in [6.07, 6.45) is 5.39. The van der Waals surface area contributed by atoms with Crippen LogP contribution in [0.15, 0.2) is 42.6 Å². The van der Waals surface area contributed by atoms with Crippen molar-refractivity contribution < 1.29 is 14.6 Å². The summed E-state index contributed by atoms with van der Waals surface area (Å²) in [4.78, 5) is 17.0. The van der Waals surface area contributed by atoms with Gasteiger partial charge in [-0.3, -0.25) is 0 Å². The van der Waals surface area contributed by atoms with Gasteiger partial charge in [0.05, 0.1) is 0 Å². The van der Waals surface area contributed by atoms with Crippen LogP contribution in [0.2, 0.25) is 0 Å². The van der Waals surface area contributed by atoms with Gasteiger partial charge < -0.3 is 30.4 Å². The quantitative estimate of drug-likeness (QED) is 0.550. The Labute approximate surface area is 171 Å². The van der Waals surface area contributed by atoms with E-state index in [0.29, 0.717) is 18.6 Å². The number of hydrogen-bond donors (Lipinski definition) is 4. The standard InChI is InChI=1S/C22H30N4O3/c27-18(15-29-21-6-2-1-4-19(21)20-5-3-11-23-20)14-25-16-7-9-17(10-8-16)26-13-12-24-22(26)28/h1-6,11,16-18,23,25,27H,7-10,12-15H2,(H,24,28). The van der Waals surface area contributed by atoms with E-state index in [1.165, 1.54) is 0 Å². The molecule has 2 amide bonds. The highest BCUT2D eigenvalue weighted by Gasteiger charge is 2.31. The molecule has 1 saturated heterocycles. The number of ether oxygens (including phenoxy) is 1. The first-order chi connectivity index (χ1) is 14.2. The Bertz CT molecular complexity index is 787. The van der Waals surface area contributed by atoms with Gasteiger partial charge in [0.1, 0.15) is 18.5 Å². The monoisotopic (exact) mass is 398 g/mol. The fourth-order valence-electron chi connectivity index (χ4n) is 4.29. The van der Waals surface area contributed by atoms with Gasteiger partial charge in [0, 0.05) is 49.2 Å². The summed E-state index contributed by atoms with van der Waals surface area (Å²) in [5.74, 6) is 0.762. The Morgan fingerprint density at radius 3 is 2.72 bits per heavy atom. The molecule has 0 radical (unpaired) electrons. The van der Waals surface area contributed by atoms with E-state index in [1.54, 1.807) is 0 Å². The summed E-state index contributed by atoms with van der Waals surface area (Å²) in [5.41, 5.74) is 1.98. The molecule has 1 aliphatic heterocycles. The third-order valence-electron chi connectivity index (χ3n) is 5.88. The number of hydrogen-bond acceptors (Lipinski definition) is 4. The van der Waals surface area contributed by atoms with Crippen molar-refractivity contribution in [3.63, 3.8) is 0 Å². The molecule has 1 aromatic heterocycles. The smallest absolute Gasteiger partial charge is 0.317 e. The molecule has 4 N–H and O–H groups in total. The summed E-state index contributed by atoms with van der Waals surface area (Å²) < 4.78 is 5.90. The second-order valence-electron chi connectivity index (χ2n) is 7.88. The fraction of sp³-hybridized carbons (Fsp3) is 0.500. The third kappa shape index (κ3) is 4.92. The first kappa shape index (κ1) is 19.8. The SMILES string of the molecule is O=C1NCCN1C1CCC(NCC(O)COc2ccccc2-c2ccc[nH]2)CC1. The van der Waals surface area contributed by atoms with Crippen molar-refractivity contribution in [1.82, 2.24) is 20.5 Å². The normalized spacial score (nSPS) is 23.1. The molecule has 1 unspecified atom stereocenters. The first-order valence-corrected chi connectivity index (χ1v) is 10.5. The summed E-state index contributed by atoms with van der Waals surface area (Å²) >= 11 is 0. The van der Waals surface area contributed by atoms with Gasteiger partial charge in [-0.25, -0.2) is 4.79 Å². The number of aliphatic hydroxyl groups is 1. The number of urea groups is 1. The van der Waals surface area contributed by atoms with Crippen LogP contribution in [0.5, 0.6) is 5.75 Å². The Balaban J connectivity index is 1.20. The second kappa shape index (κ2) is 9.33. The minimum Gasteiger partial charge on any atom is -0.490 e. The third-order valence-corrected chi connectivity index (χ3v) is 5.88. The van der Waals surface area contributed by atoms with Crippen LogP contribution in [0.4, 0.5) is 4.79 Å². The molecule has 1 aromatic carbocycles. The fourth-order valence-corrected chi connectivity index (χ4v) is 4.29. The number of para-hydroxylation sites is 1. The van der Waals surface area contributed by atoms with Gasteiger partial charge >= 0.3 is 6.03 Å². The van der Waals surface area contributed by atoms with Gasteiger partial charge in [-0.2, -0.15) is 0 Å². The Hall–Kier alpha value is -2.51. The van der Waals surface area contributed by atoms with Crippen LogP contribution in [-0.2, 0) is 0 Å². The zero-order valence-electron chi connectivity index (χ0n) is 16.6. The van der Waals surface area contributed by atoms with E-state index >= 15 is 0 Å². The number of aromatic nitrogens is 1. The van der Waals surface area contributed by atoms with Gasteiger partial charge in [0.15, 0.2) is 0 Å². The number of rotatable bonds is 8. The lowest BCUT2D eigenvalue weighted by atomic mass is 9.90. The molecular formula is C22H30N4O3. The van der Waals surface area contributed by atoms with E-state index in [-0.39, 0.29) is 12.6 Å². The van der Waals surface area contributed by atoms with Crippen molar-refractivity contribution in [3.05, 3.63) is 42.6 Å². The van der Waals surface area contributed by atoms with Crippen molar-refractivity contribution in [2.24, 2.45) is 0 Å². The number of carbonyl (C=O) groups is 1. The maximum atomic E-state index is 11.8. The van der Waals surface area contributed by atoms with Gasteiger partial charge in [0.25, 0.3) is 0 Å². The molecular weight excluding hydrogens is 368 g/mol. The largest absolute Gasteiger partial charge is 0.490 e. The average molecular weight is 399 g/mol. The molecule has 7 nitrogen and oxygen atoms in total. The molecule has 7 heteroatoms. The van der Waals surface area contributed by atoms with Crippen LogP contribution in [0, 0.1) is 0 Å². The van der Waals surface area contributed by atoms with Gasteiger partial charge in [0.2, 0.25) is 0 Å². The van der Waals surface area contributed by atoms with Crippen LogP contribution < -0.4 is 15.4 Å². The van der Waals surface area contributed by atoms with Crippen LogP contribution in [0.25, 0.3) is 11.3 Å². The second-order valence-corrected chi connectivity index (χ2v) is 7.88. The highest BCUT2D eigenvalue weighted by molar-refractivity contribution is 5.76. The van der Waals surface area contributed by atoms with Crippen molar-refractivity contribution in [3.8, 4) is 17.0 Å². The highest BCUT2D eigenvalue weighted by atomic mass is 16.5. The molecule has 29 heavy (non-hydrogen) atoms. The summed E-state index contributed by atoms with van der Waals surface area (Å²) in [6, 6.07) is 12.6. The predicted octanol–water partition coefficient (Wildman–Crippen LogP) is 2.35. The van der Waals surface area contributed by atoms with Crippen molar-refractivity contribution in [2.75, 3.05) is 26.2 Å². The number of nitrogens with zero attached hydrogens (tertiary/aromatic N) is 1. The van der Waals surface area contributed by atoms with Gasteiger partial charge in [-0.05, 0) is 49.9 Å². The molecule has 0 spiro atoms. The van der Waals surface area contributed by atoms with Crippen molar-refractivity contribution >= 4 is 6.03 Å². The van der Waals surface area contributed by atoms with Gasteiger partial charge in [-0.15, -0.1) is 0 Å². The molecule has 156 valence electrons. The van der Waals surface area contributed by atoms with Crippen LogP contribution in [-0.4, -0.2) is 65.5 Å². The maximum absolute atomic E-state index is 11.8. The van der Waals surface area contributed by atoms with Crippen LogP contribution >= 0.6 is 0 Å². The van der Waals surface area contributed by atoms with Crippen LogP contribution in [0.1, 0.15) is 25.7 Å². The molecule has 0 bridgehead atoms. The average Bonchev–Trinajstić information content (AvgIpc) is 3.43. The Morgan fingerprint density at radius 2 is 2.00 bits per heavy atom. The molecule has 4 rings (SSSR count). The van der Waals surface area contributed by atoms with Crippen LogP contribution in [0.3, 0.4) is 0 Å². The van der Waals surface area contributed by atoms with E-state index in [1.807, 2.05) is 47.5 Å². The van der Waals surface area contributed by atoms with Crippen molar-refractivity contribution in [2.45, 2.75) is 43.9 Å². The van der Waals surface area contributed by atoms with Crippen molar-refractivity contribution in [1.29, 1.82) is 0 Å². The topological polar surface area (TPSA) is 89.6 Å². The molecule has 1 saturated carbocycles. The Morgan fingerprint density at radius 1 is 1.17 bits per heavy atom. The number of benzene rings is 1. The number of aliphatic hydroxyl groups excluding tert-OH is 1. The molecule has 2 aromatic rings. The minimum atomic E-state index is -0.575. The number of H-pyrrole nitrogens is 1. The van der Waals surface area contributed by atoms with E-state index in [9.17, 15) is 9.90 Å². The molecule has 1 atom stereocenters. The van der Waals surface area contributed by atoms with E-state index in [4.69, 9.17) is 4.74 Å². The zero-order chi connectivity index (χ0) is 20.1. The molecule has 2 heterocycles. The number of aromatic amines is 1.